The first-order valence-electron chi connectivity index (χ1n) is 7.33. The predicted octanol–water partition coefficient (Wildman–Crippen LogP) is 2.72. The van der Waals surface area contributed by atoms with Crippen molar-refractivity contribution in [2.45, 2.75) is 18.3 Å². The number of rotatable bonds is 0. The van der Waals surface area contributed by atoms with Crippen molar-refractivity contribution in [3.63, 3.8) is 0 Å². The Morgan fingerprint density at radius 2 is 2.17 bits per heavy atom. The van der Waals surface area contributed by atoms with Crippen LogP contribution in [0.4, 0.5) is 4.39 Å². The molecule has 23 heavy (non-hydrogen) atoms. The first-order valence-corrected chi connectivity index (χ1v) is 8.12. The van der Waals surface area contributed by atoms with E-state index in [0.717, 1.165) is 11.3 Å². The van der Waals surface area contributed by atoms with Crippen LogP contribution in [0, 0.1) is 5.82 Å². The van der Waals surface area contributed by atoms with E-state index in [9.17, 15) is 9.18 Å². The van der Waals surface area contributed by atoms with E-state index in [1.165, 1.54) is 6.07 Å². The van der Waals surface area contributed by atoms with Crippen LogP contribution < -0.4 is 5.32 Å². The SMILES string of the molecule is CNC1=NC(=O)C2(CCc3ncccc32)c2cc(Br)cc(F)c21. The lowest BCUT2D eigenvalue weighted by Crippen LogP contribution is -2.42. The van der Waals surface area contributed by atoms with Crippen LogP contribution in [0.5, 0.6) is 0 Å². The van der Waals surface area contributed by atoms with E-state index in [2.05, 4.69) is 31.2 Å². The van der Waals surface area contributed by atoms with E-state index in [1.54, 1.807) is 13.2 Å². The summed E-state index contributed by atoms with van der Waals surface area (Å²) >= 11 is 3.35. The Morgan fingerprint density at radius 3 is 2.96 bits per heavy atom. The van der Waals surface area contributed by atoms with Crippen molar-refractivity contribution in [1.29, 1.82) is 0 Å². The Balaban J connectivity index is 2.09. The highest BCUT2D eigenvalue weighted by molar-refractivity contribution is 9.10. The van der Waals surface area contributed by atoms with Gasteiger partial charge in [0, 0.05) is 23.4 Å². The molecule has 1 atom stereocenters. The van der Waals surface area contributed by atoms with Gasteiger partial charge in [0.25, 0.3) is 5.91 Å². The zero-order valence-corrected chi connectivity index (χ0v) is 13.9. The summed E-state index contributed by atoms with van der Waals surface area (Å²) < 4.78 is 15.2. The van der Waals surface area contributed by atoms with Crippen LogP contribution in [0.1, 0.15) is 28.8 Å². The molecular formula is C17H13BrFN3O. The van der Waals surface area contributed by atoms with Gasteiger partial charge >= 0.3 is 0 Å². The Labute approximate surface area is 141 Å². The number of aryl methyl sites for hydroxylation is 1. The Hall–Kier alpha value is -2.08. The quantitative estimate of drug-likeness (QED) is 0.772. The maximum Gasteiger partial charge on any atom is 0.262 e. The number of fused-ring (bicyclic) bond motifs is 4. The van der Waals surface area contributed by atoms with Crippen LogP contribution in [-0.4, -0.2) is 23.8 Å². The zero-order chi connectivity index (χ0) is 16.2. The summed E-state index contributed by atoms with van der Waals surface area (Å²) in [4.78, 5) is 21.5. The van der Waals surface area contributed by atoms with E-state index in [0.29, 0.717) is 28.4 Å². The molecule has 0 radical (unpaired) electrons. The first-order chi connectivity index (χ1) is 11.1. The van der Waals surface area contributed by atoms with Crippen LogP contribution in [0.15, 0.2) is 39.9 Å². The maximum absolute atomic E-state index is 14.6. The molecule has 2 heterocycles. The van der Waals surface area contributed by atoms with Gasteiger partial charge in [0.1, 0.15) is 17.1 Å². The van der Waals surface area contributed by atoms with Crippen LogP contribution >= 0.6 is 15.9 Å². The summed E-state index contributed by atoms with van der Waals surface area (Å²) in [5.41, 5.74) is 1.80. The van der Waals surface area contributed by atoms with E-state index in [-0.39, 0.29) is 11.7 Å². The molecule has 2 aromatic rings. The van der Waals surface area contributed by atoms with Crippen molar-refractivity contribution >= 4 is 27.7 Å². The molecule has 2 aliphatic rings. The zero-order valence-electron chi connectivity index (χ0n) is 12.4. The highest BCUT2D eigenvalue weighted by atomic mass is 79.9. The van der Waals surface area contributed by atoms with Crippen LogP contribution in [0.25, 0.3) is 0 Å². The lowest BCUT2D eigenvalue weighted by molar-refractivity contribution is -0.122. The second kappa shape index (κ2) is 4.96. The van der Waals surface area contributed by atoms with Crippen molar-refractivity contribution in [1.82, 2.24) is 10.3 Å². The van der Waals surface area contributed by atoms with Gasteiger partial charge in [-0.3, -0.25) is 9.78 Å². The summed E-state index contributed by atoms with van der Waals surface area (Å²) in [5, 5.41) is 2.84. The molecule has 1 aliphatic heterocycles. The number of amidine groups is 1. The van der Waals surface area contributed by atoms with Crippen LogP contribution in [-0.2, 0) is 16.6 Å². The molecule has 1 amide bonds. The number of hydrogen-bond acceptors (Lipinski definition) is 3. The third kappa shape index (κ3) is 1.84. The summed E-state index contributed by atoms with van der Waals surface area (Å²) in [6, 6.07) is 6.93. The molecule has 1 unspecified atom stereocenters. The minimum Gasteiger partial charge on any atom is -0.372 e. The first kappa shape index (κ1) is 14.5. The number of halogens is 2. The Kier molecular flexibility index (Phi) is 3.13. The third-order valence-corrected chi connectivity index (χ3v) is 5.11. The Morgan fingerprint density at radius 1 is 1.35 bits per heavy atom. The molecule has 1 aliphatic carbocycles. The predicted molar refractivity (Wildman–Crippen MR) is 88.0 cm³/mol. The molecule has 1 N–H and O–H groups in total. The number of aliphatic imine (C=N–C) groups is 1. The van der Waals surface area contributed by atoms with Gasteiger partial charge < -0.3 is 5.32 Å². The molecule has 1 spiro atoms. The molecule has 4 nitrogen and oxygen atoms in total. The molecule has 116 valence electrons. The number of benzene rings is 1. The molecule has 1 aromatic carbocycles. The van der Waals surface area contributed by atoms with E-state index in [1.807, 2.05) is 18.2 Å². The fourth-order valence-corrected chi connectivity index (χ4v) is 4.10. The lowest BCUT2D eigenvalue weighted by atomic mass is 9.71. The van der Waals surface area contributed by atoms with Crippen molar-refractivity contribution in [2.75, 3.05) is 7.05 Å². The van der Waals surface area contributed by atoms with Gasteiger partial charge in [-0.1, -0.05) is 22.0 Å². The fourth-order valence-electron chi connectivity index (χ4n) is 3.67. The molecule has 4 rings (SSSR count). The van der Waals surface area contributed by atoms with E-state index < -0.39 is 11.2 Å². The van der Waals surface area contributed by atoms with E-state index >= 15 is 0 Å². The van der Waals surface area contributed by atoms with Crippen LogP contribution in [0.2, 0.25) is 0 Å². The summed E-state index contributed by atoms with van der Waals surface area (Å²) in [5.74, 6) is -0.386. The third-order valence-electron chi connectivity index (χ3n) is 4.65. The summed E-state index contributed by atoms with van der Waals surface area (Å²) in [7, 11) is 1.64. The second-order valence-corrected chi connectivity index (χ2v) is 6.64. The monoisotopic (exact) mass is 373 g/mol. The number of aromatic nitrogens is 1. The van der Waals surface area contributed by atoms with Gasteiger partial charge in [-0.25, -0.2) is 4.39 Å². The second-order valence-electron chi connectivity index (χ2n) is 5.73. The molecule has 0 fully saturated rings. The highest BCUT2D eigenvalue weighted by Gasteiger charge is 2.51. The normalized spacial score (nSPS) is 21.9. The fraction of sp³-hybridized carbons (Fsp3) is 0.235. The van der Waals surface area contributed by atoms with Crippen LogP contribution in [0.3, 0.4) is 0 Å². The molecule has 0 bridgehead atoms. The lowest BCUT2D eigenvalue weighted by Gasteiger charge is -2.33. The number of nitrogens with zero attached hydrogens (tertiary/aromatic N) is 2. The number of carbonyl (C=O) groups excluding carboxylic acids is 1. The maximum atomic E-state index is 14.6. The highest BCUT2D eigenvalue weighted by Crippen LogP contribution is 2.48. The topological polar surface area (TPSA) is 54.4 Å². The number of pyridine rings is 1. The largest absolute Gasteiger partial charge is 0.372 e. The van der Waals surface area contributed by atoms with Crippen molar-refractivity contribution < 1.29 is 9.18 Å². The van der Waals surface area contributed by atoms with Gasteiger partial charge in [0.2, 0.25) is 0 Å². The Bertz CT molecular complexity index is 880. The van der Waals surface area contributed by atoms with Gasteiger partial charge in [-0.15, -0.1) is 0 Å². The minimum absolute atomic E-state index is 0.265. The molecule has 0 saturated heterocycles. The van der Waals surface area contributed by atoms with Gasteiger partial charge in [0.15, 0.2) is 0 Å². The van der Waals surface area contributed by atoms with Crippen molar-refractivity contribution in [3.8, 4) is 0 Å². The number of amides is 1. The molecule has 0 saturated carbocycles. The average molecular weight is 374 g/mol. The molecule has 1 aromatic heterocycles. The summed E-state index contributed by atoms with van der Waals surface area (Å²) in [6.45, 7) is 0. The minimum atomic E-state index is -0.941. The average Bonchev–Trinajstić information content (AvgIpc) is 2.92. The van der Waals surface area contributed by atoms with Gasteiger partial charge in [-0.2, -0.15) is 4.99 Å². The van der Waals surface area contributed by atoms with Crippen molar-refractivity contribution in [3.05, 3.63) is 63.1 Å². The molecule has 6 heteroatoms. The smallest absolute Gasteiger partial charge is 0.262 e. The molecular weight excluding hydrogens is 361 g/mol. The number of hydrogen-bond donors (Lipinski definition) is 1. The van der Waals surface area contributed by atoms with Gasteiger partial charge in [-0.05, 0) is 42.2 Å². The number of nitrogens with one attached hydrogen (secondary N) is 1. The van der Waals surface area contributed by atoms with Crippen molar-refractivity contribution in [2.24, 2.45) is 4.99 Å². The summed E-state index contributed by atoms with van der Waals surface area (Å²) in [6.07, 6.45) is 2.96. The number of carbonyl (C=O) groups is 1. The standard InChI is InChI=1S/C17H13BrFN3O/c1-20-15-14-11(7-9(18)8-12(14)19)17(16(23)22-15)5-4-13-10(17)3-2-6-21-13/h2-3,6-8H,4-5H2,1H3,(H,20,22,23). The van der Waals surface area contributed by atoms with Gasteiger partial charge in [0.05, 0.1) is 5.56 Å². The van der Waals surface area contributed by atoms with E-state index in [4.69, 9.17) is 0 Å².